The molecule has 0 aliphatic carbocycles. The summed E-state index contributed by atoms with van der Waals surface area (Å²) in [6.07, 6.45) is 0. The van der Waals surface area contributed by atoms with Crippen LogP contribution in [0.1, 0.15) is 18.1 Å². The maximum absolute atomic E-state index is 13.3. The number of carbonyl (C=O) groups excluding carboxylic acids is 2. The van der Waals surface area contributed by atoms with Crippen molar-refractivity contribution in [2.45, 2.75) is 25.9 Å². The van der Waals surface area contributed by atoms with Gasteiger partial charge in [-0.1, -0.05) is 23.9 Å². The highest BCUT2D eigenvalue weighted by Crippen LogP contribution is 2.26. The third-order valence-electron chi connectivity index (χ3n) is 4.88. The molecule has 2 N–H and O–H groups in total. The van der Waals surface area contributed by atoms with Gasteiger partial charge in [-0.2, -0.15) is 0 Å². The molecule has 2 heterocycles. The Kier molecular flexibility index (Phi) is 6.62. The number of anilines is 2. The lowest BCUT2D eigenvalue weighted by molar-refractivity contribution is -0.114. The molecule has 2 amide bonds. The second-order valence-electron chi connectivity index (χ2n) is 7.56. The molecule has 4 aromatic rings. The van der Waals surface area contributed by atoms with Crippen LogP contribution >= 0.6 is 23.1 Å². The Balaban J connectivity index is 1.58. The van der Waals surface area contributed by atoms with E-state index in [1.54, 1.807) is 28.8 Å². The normalized spacial score (nSPS) is 10.9. The van der Waals surface area contributed by atoms with Gasteiger partial charge in [0, 0.05) is 18.3 Å². The van der Waals surface area contributed by atoms with Crippen molar-refractivity contribution in [2.75, 3.05) is 16.4 Å². The Bertz CT molecular complexity index is 1410. The van der Waals surface area contributed by atoms with Gasteiger partial charge in [-0.25, -0.2) is 4.98 Å². The summed E-state index contributed by atoms with van der Waals surface area (Å²) in [5, 5.41) is 7.83. The molecule has 0 aliphatic heterocycles. The number of rotatable bonds is 6. The van der Waals surface area contributed by atoms with Gasteiger partial charge in [-0.3, -0.25) is 19.0 Å². The van der Waals surface area contributed by atoms with Crippen LogP contribution < -0.4 is 16.2 Å². The lowest BCUT2D eigenvalue weighted by Crippen LogP contribution is -2.23. The summed E-state index contributed by atoms with van der Waals surface area (Å²) < 4.78 is 2.19. The van der Waals surface area contributed by atoms with Crippen molar-refractivity contribution in [1.82, 2.24) is 9.55 Å². The molecule has 2 aromatic heterocycles. The lowest BCUT2D eigenvalue weighted by Gasteiger charge is -2.15. The summed E-state index contributed by atoms with van der Waals surface area (Å²) in [4.78, 5) is 41.7. The largest absolute Gasteiger partial charge is 0.326 e. The van der Waals surface area contributed by atoms with Crippen LogP contribution in [0.25, 0.3) is 15.9 Å². The van der Waals surface area contributed by atoms with Crippen molar-refractivity contribution in [3.8, 4) is 5.69 Å². The highest BCUT2D eigenvalue weighted by atomic mass is 32.2. The van der Waals surface area contributed by atoms with Gasteiger partial charge in [0.2, 0.25) is 11.8 Å². The molecule has 0 saturated heterocycles. The number of thioether (sulfide) groups is 1. The monoisotopic (exact) mass is 478 g/mol. The zero-order valence-corrected chi connectivity index (χ0v) is 20.0. The number of amides is 2. The van der Waals surface area contributed by atoms with E-state index in [1.807, 2.05) is 43.5 Å². The lowest BCUT2D eigenvalue weighted by atomic mass is 10.1. The Hall–Kier alpha value is -3.43. The summed E-state index contributed by atoms with van der Waals surface area (Å²) in [7, 11) is 0. The van der Waals surface area contributed by atoms with Gasteiger partial charge in [0.25, 0.3) is 5.56 Å². The first-order valence-corrected chi connectivity index (χ1v) is 12.1. The van der Waals surface area contributed by atoms with E-state index in [1.165, 1.54) is 30.0 Å². The van der Waals surface area contributed by atoms with Gasteiger partial charge >= 0.3 is 0 Å². The Labute approximate surface area is 198 Å². The SMILES string of the molecule is CC(=O)Nc1ccc(NC(=O)CSc2nc3ccsc3c(=O)n2-c2cc(C)ccc2C)cc1. The highest BCUT2D eigenvalue weighted by molar-refractivity contribution is 7.99. The first-order valence-electron chi connectivity index (χ1n) is 10.2. The number of hydrogen-bond donors (Lipinski definition) is 2. The van der Waals surface area contributed by atoms with Gasteiger partial charge in [-0.05, 0) is 66.8 Å². The summed E-state index contributed by atoms with van der Waals surface area (Å²) in [5.74, 6) is -0.298. The van der Waals surface area contributed by atoms with Crippen molar-refractivity contribution < 1.29 is 9.59 Å². The maximum Gasteiger partial charge on any atom is 0.276 e. The number of aryl methyl sites for hydroxylation is 2. The van der Waals surface area contributed by atoms with Crippen molar-refractivity contribution >= 4 is 56.5 Å². The first kappa shape index (κ1) is 22.8. The van der Waals surface area contributed by atoms with E-state index in [2.05, 4.69) is 15.6 Å². The fourth-order valence-electron chi connectivity index (χ4n) is 3.33. The topological polar surface area (TPSA) is 93.1 Å². The third-order valence-corrected chi connectivity index (χ3v) is 6.71. The van der Waals surface area contributed by atoms with Crippen LogP contribution in [0.15, 0.2) is 63.9 Å². The van der Waals surface area contributed by atoms with Crippen LogP contribution in [0.5, 0.6) is 0 Å². The quantitative estimate of drug-likeness (QED) is 0.308. The molecule has 0 fully saturated rings. The Morgan fingerprint density at radius 3 is 2.42 bits per heavy atom. The number of hydrogen-bond acceptors (Lipinski definition) is 6. The number of nitrogens with zero attached hydrogens (tertiary/aromatic N) is 2. The molecular formula is C24H22N4O3S2. The minimum absolute atomic E-state index is 0.0837. The molecule has 4 rings (SSSR count). The van der Waals surface area contributed by atoms with Crippen LogP contribution in [0.3, 0.4) is 0 Å². The zero-order chi connectivity index (χ0) is 23.5. The molecule has 0 atom stereocenters. The summed E-state index contributed by atoms with van der Waals surface area (Å²) in [6.45, 7) is 5.36. The molecule has 33 heavy (non-hydrogen) atoms. The van der Waals surface area contributed by atoms with E-state index in [-0.39, 0.29) is 23.1 Å². The van der Waals surface area contributed by atoms with E-state index in [4.69, 9.17) is 0 Å². The number of nitrogens with one attached hydrogen (secondary N) is 2. The average molecular weight is 479 g/mol. The van der Waals surface area contributed by atoms with Gasteiger partial charge in [0.15, 0.2) is 5.16 Å². The smallest absolute Gasteiger partial charge is 0.276 e. The molecule has 0 saturated carbocycles. The van der Waals surface area contributed by atoms with E-state index in [9.17, 15) is 14.4 Å². The van der Waals surface area contributed by atoms with Crippen molar-refractivity contribution in [1.29, 1.82) is 0 Å². The molecular weight excluding hydrogens is 456 g/mol. The van der Waals surface area contributed by atoms with Crippen LogP contribution in [-0.2, 0) is 9.59 Å². The van der Waals surface area contributed by atoms with Gasteiger partial charge in [-0.15, -0.1) is 11.3 Å². The summed E-state index contributed by atoms with van der Waals surface area (Å²) >= 11 is 2.58. The number of thiophene rings is 1. The van der Waals surface area contributed by atoms with Crippen molar-refractivity contribution in [3.05, 3.63) is 75.4 Å². The molecule has 7 nitrogen and oxygen atoms in total. The average Bonchev–Trinajstić information content (AvgIpc) is 3.24. The molecule has 2 aromatic carbocycles. The standard InChI is InChI=1S/C24H22N4O3S2/c1-14-4-5-15(2)20(12-14)28-23(31)22-19(10-11-32-22)27-24(28)33-13-21(30)26-18-8-6-17(7-9-18)25-16(3)29/h4-12H,13H2,1-3H3,(H,25,29)(H,26,30). The number of benzene rings is 2. The Morgan fingerprint density at radius 2 is 1.73 bits per heavy atom. The van der Waals surface area contributed by atoms with Crippen LogP contribution in [0, 0.1) is 13.8 Å². The second kappa shape index (κ2) is 9.60. The maximum atomic E-state index is 13.3. The van der Waals surface area contributed by atoms with Crippen LogP contribution in [0.2, 0.25) is 0 Å². The molecule has 0 aliphatic rings. The summed E-state index contributed by atoms with van der Waals surface area (Å²) in [5.41, 5.74) is 4.50. The van der Waals surface area contributed by atoms with E-state index < -0.39 is 0 Å². The number of fused-ring (bicyclic) bond motifs is 1. The minimum Gasteiger partial charge on any atom is -0.326 e. The van der Waals surface area contributed by atoms with E-state index in [0.717, 1.165) is 16.8 Å². The van der Waals surface area contributed by atoms with E-state index >= 15 is 0 Å². The summed E-state index contributed by atoms with van der Waals surface area (Å²) in [6, 6.07) is 14.6. The Morgan fingerprint density at radius 1 is 1.03 bits per heavy atom. The van der Waals surface area contributed by atoms with Crippen molar-refractivity contribution in [2.24, 2.45) is 0 Å². The third kappa shape index (κ3) is 5.15. The van der Waals surface area contributed by atoms with Crippen LogP contribution in [0.4, 0.5) is 11.4 Å². The predicted octanol–water partition coefficient (Wildman–Crippen LogP) is 4.75. The molecule has 9 heteroatoms. The molecule has 0 radical (unpaired) electrons. The van der Waals surface area contributed by atoms with Gasteiger partial charge in [0.05, 0.1) is 17.0 Å². The first-order chi connectivity index (χ1) is 15.8. The highest BCUT2D eigenvalue weighted by Gasteiger charge is 2.17. The fraction of sp³-hybridized carbons (Fsp3) is 0.167. The van der Waals surface area contributed by atoms with E-state index in [0.29, 0.717) is 26.7 Å². The minimum atomic E-state index is -0.223. The van der Waals surface area contributed by atoms with Crippen molar-refractivity contribution in [3.63, 3.8) is 0 Å². The van der Waals surface area contributed by atoms with Gasteiger partial charge < -0.3 is 10.6 Å². The molecule has 168 valence electrons. The number of aromatic nitrogens is 2. The fourth-order valence-corrected chi connectivity index (χ4v) is 4.89. The number of carbonyl (C=O) groups is 2. The second-order valence-corrected chi connectivity index (χ2v) is 9.41. The molecule has 0 spiro atoms. The predicted molar refractivity (Wildman–Crippen MR) is 135 cm³/mol. The van der Waals surface area contributed by atoms with Crippen LogP contribution in [-0.4, -0.2) is 27.1 Å². The molecule has 0 unspecified atom stereocenters. The molecule has 0 bridgehead atoms. The van der Waals surface area contributed by atoms with Gasteiger partial charge in [0.1, 0.15) is 4.70 Å². The zero-order valence-electron chi connectivity index (χ0n) is 18.3.